The average molecular weight is 254 g/mol. The first-order valence-corrected chi connectivity index (χ1v) is 6.65. The van der Waals surface area contributed by atoms with E-state index in [1.807, 2.05) is 6.07 Å². The van der Waals surface area contributed by atoms with Gasteiger partial charge in [-0.1, -0.05) is 0 Å². The van der Waals surface area contributed by atoms with Gasteiger partial charge in [-0.2, -0.15) is 0 Å². The molecule has 19 heavy (non-hydrogen) atoms. The zero-order chi connectivity index (χ0) is 13.1. The van der Waals surface area contributed by atoms with Crippen molar-refractivity contribution < 1.29 is 0 Å². The van der Waals surface area contributed by atoms with Gasteiger partial charge in [0.25, 0.3) is 0 Å². The van der Waals surface area contributed by atoms with E-state index in [1.54, 1.807) is 12.3 Å². The van der Waals surface area contributed by atoms with Crippen molar-refractivity contribution in [3.8, 4) is 0 Å². The number of aromatic nitrogens is 1. The lowest BCUT2D eigenvalue weighted by Crippen LogP contribution is -2.17. The first kappa shape index (κ1) is 11.8. The van der Waals surface area contributed by atoms with Gasteiger partial charge in [0.2, 0.25) is 0 Å². The molecule has 3 rings (SSSR count). The van der Waals surface area contributed by atoms with Crippen molar-refractivity contribution in [2.45, 2.75) is 12.8 Å². The number of hydrogen-bond donors (Lipinski definition) is 2. The molecular formula is C15H18N4. The molecule has 4 nitrogen and oxygen atoms in total. The van der Waals surface area contributed by atoms with Crippen LogP contribution in [0.15, 0.2) is 42.6 Å². The summed E-state index contributed by atoms with van der Waals surface area (Å²) in [6.07, 6.45) is 4.35. The van der Waals surface area contributed by atoms with Crippen LogP contribution in [0.4, 0.5) is 22.9 Å². The Balaban J connectivity index is 1.70. The Morgan fingerprint density at radius 2 is 1.63 bits per heavy atom. The molecule has 1 saturated heterocycles. The van der Waals surface area contributed by atoms with E-state index in [9.17, 15) is 0 Å². The lowest BCUT2D eigenvalue weighted by molar-refractivity contribution is 0.949. The van der Waals surface area contributed by atoms with Gasteiger partial charge in [0.1, 0.15) is 5.82 Å². The summed E-state index contributed by atoms with van der Waals surface area (Å²) in [7, 11) is 0. The lowest BCUT2D eigenvalue weighted by Gasteiger charge is -2.18. The normalized spacial score (nSPS) is 14.6. The lowest BCUT2D eigenvalue weighted by atomic mass is 10.2. The molecule has 4 heteroatoms. The summed E-state index contributed by atoms with van der Waals surface area (Å²) in [5.74, 6) is 0.537. The molecule has 0 spiro atoms. The van der Waals surface area contributed by atoms with Gasteiger partial charge < -0.3 is 16.0 Å². The largest absolute Gasteiger partial charge is 0.384 e. The van der Waals surface area contributed by atoms with Gasteiger partial charge >= 0.3 is 0 Å². The van der Waals surface area contributed by atoms with Crippen molar-refractivity contribution in [3.63, 3.8) is 0 Å². The monoisotopic (exact) mass is 254 g/mol. The molecule has 0 saturated carbocycles. The van der Waals surface area contributed by atoms with E-state index >= 15 is 0 Å². The van der Waals surface area contributed by atoms with Crippen molar-refractivity contribution in [1.29, 1.82) is 0 Å². The predicted octanol–water partition coefficient (Wildman–Crippen LogP) is 3.01. The van der Waals surface area contributed by atoms with Gasteiger partial charge in [-0.3, -0.25) is 0 Å². The SMILES string of the molecule is Nc1ccc(Nc2ccc(N3CCCC3)cc2)cn1. The maximum Gasteiger partial charge on any atom is 0.123 e. The van der Waals surface area contributed by atoms with Crippen molar-refractivity contribution in [2.75, 3.05) is 29.0 Å². The summed E-state index contributed by atoms with van der Waals surface area (Å²) in [5, 5.41) is 3.31. The van der Waals surface area contributed by atoms with Gasteiger partial charge in [-0.15, -0.1) is 0 Å². The summed E-state index contributed by atoms with van der Waals surface area (Å²) in [5.41, 5.74) is 8.88. The van der Waals surface area contributed by atoms with Gasteiger partial charge in [-0.05, 0) is 49.2 Å². The molecular weight excluding hydrogens is 236 g/mol. The Labute approximate surface area is 113 Å². The maximum atomic E-state index is 5.57. The van der Waals surface area contributed by atoms with Crippen LogP contribution >= 0.6 is 0 Å². The van der Waals surface area contributed by atoms with Crippen molar-refractivity contribution in [1.82, 2.24) is 4.98 Å². The van der Waals surface area contributed by atoms with Crippen molar-refractivity contribution in [3.05, 3.63) is 42.6 Å². The van der Waals surface area contributed by atoms with E-state index in [0.29, 0.717) is 5.82 Å². The fourth-order valence-electron chi connectivity index (χ4n) is 2.38. The van der Waals surface area contributed by atoms with Crippen molar-refractivity contribution in [2.24, 2.45) is 0 Å². The fourth-order valence-corrected chi connectivity index (χ4v) is 2.38. The molecule has 0 atom stereocenters. The minimum atomic E-state index is 0.537. The second kappa shape index (κ2) is 5.18. The second-order valence-electron chi connectivity index (χ2n) is 4.84. The molecule has 1 aliphatic heterocycles. The molecule has 2 aromatic rings. The summed E-state index contributed by atoms with van der Waals surface area (Å²) in [6.45, 7) is 2.35. The second-order valence-corrected chi connectivity index (χ2v) is 4.84. The zero-order valence-corrected chi connectivity index (χ0v) is 10.8. The highest BCUT2D eigenvalue weighted by molar-refractivity contribution is 5.63. The molecule has 1 aromatic carbocycles. The summed E-state index contributed by atoms with van der Waals surface area (Å²) >= 11 is 0. The summed E-state index contributed by atoms with van der Waals surface area (Å²) in [6, 6.07) is 12.3. The number of hydrogen-bond acceptors (Lipinski definition) is 4. The average Bonchev–Trinajstić information content (AvgIpc) is 2.96. The molecule has 0 amide bonds. The minimum absolute atomic E-state index is 0.537. The number of benzene rings is 1. The van der Waals surface area contributed by atoms with Crippen LogP contribution in [-0.2, 0) is 0 Å². The molecule has 1 aliphatic rings. The van der Waals surface area contributed by atoms with Crippen LogP contribution in [0.1, 0.15) is 12.8 Å². The molecule has 2 heterocycles. The van der Waals surface area contributed by atoms with Crippen LogP contribution in [0.3, 0.4) is 0 Å². The number of nitrogens with zero attached hydrogens (tertiary/aromatic N) is 2. The van der Waals surface area contributed by atoms with Crippen LogP contribution in [0.25, 0.3) is 0 Å². The summed E-state index contributed by atoms with van der Waals surface area (Å²) < 4.78 is 0. The van der Waals surface area contributed by atoms with E-state index in [0.717, 1.165) is 11.4 Å². The number of pyridine rings is 1. The van der Waals surface area contributed by atoms with Gasteiger partial charge in [0.05, 0.1) is 11.9 Å². The topological polar surface area (TPSA) is 54.2 Å². The highest BCUT2D eigenvalue weighted by Crippen LogP contribution is 2.23. The first-order valence-electron chi connectivity index (χ1n) is 6.65. The number of rotatable bonds is 3. The molecule has 0 aliphatic carbocycles. The van der Waals surface area contributed by atoms with E-state index in [4.69, 9.17) is 5.73 Å². The molecule has 0 bridgehead atoms. The Morgan fingerprint density at radius 1 is 0.947 bits per heavy atom. The predicted molar refractivity (Wildman–Crippen MR) is 79.8 cm³/mol. The highest BCUT2D eigenvalue weighted by atomic mass is 15.1. The molecule has 3 N–H and O–H groups in total. The third kappa shape index (κ3) is 2.78. The highest BCUT2D eigenvalue weighted by Gasteiger charge is 2.11. The molecule has 0 radical (unpaired) electrons. The van der Waals surface area contributed by atoms with Crippen LogP contribution in [-0.4, -0.2) is 18.1 Å². The number of anilines is 4. The Kier molecular flexibility index (Phi) is 3.23. The van der Waals surface area contributed by atoms with Crippen LogP contribution in [0, 0.1) is 0 Å². The smallest absolute Gasteiger partial charge is 0.123 e. The number of nitrogens with one attached hydrogen (secondary N) is 1. The zero-order valence-electron chi connectivity index (χ0n) is 10.8. The molecule has 0 unspecified atom stereocenters. The number of nitrogens with two attached hydrogens (primary N) is 1. The quantitative estimate of drug-likeness (QED) is 0.884. The first-order chi connectivity index (χ1) is 9.31. The number of nitrogen functional groups attached to an aromatic ring is 1. The minimum Gasteiger partial charge on any atom is -0.384 e. The van der Waals surface area contributed by atoms with Crippen LogP contribution in [0.2, 0.25) is 0 Å². The molecule has 98 valence electrons. The Hall–Kier alpha value is -2.23. The van der Waals surface area contributed by atoms with Crippen molar-refractivity contribution >= 4 is 22.9 Å². The standard InChI is InChI=1S/C15H18N4/c16-15-8-5-13(11-17-15)18-12-3-6-14(7-4-12)19-9-1-2-10-19/h3-8,11,18H,1-2,9-10H2,(H2,16,17). The van der Waals surface area contributed by atoms with Crippen LogP contribution in [0.5, 0.6) is 0 Å². The van der Waals surface area contributed by atoms with E-state index in [1.165, 1.54) is 31.6 Å². The molecule has 1 fully saturated rings. The maximum absolute atomic E-state index is 5.57. The third-order valence-corrected chi connectivity index (χ3v) is 3.41. The Morgan fingerprint density at radius 3 is 2.26 bits per heavy atom. The van der Waals surface area contributed by atoms with E-state index < -0.39 is 0 Å². The van der Waals surface area contributed by atoms with Gasteiger partial charge in [0, 0.05) is 24.5 Å². The fraction of sp³-hybridized carbons (Fsp3) is 0.267. The Bertz CT molecular complexity index is 527. The third-order valence-electron chi connectivity index (χ3n) is 3.41. The van der Waals surface area contributed by atoms with E-state index in [2.05, 4.69) is 39.5 Å². The van der Waals surface area contributed by atoms with Crippen LogP contribution < -0.4 is 16.0 Å². The van der Waals surface area contributed by atoms with Gasteiger partial charge in [0.15, 0.2) is 0 Å². The van der Waals surface area contributed by atoms with Gasteiger partial charge in [-0.25, -0.2) is 4.98 Å². The molecule has 1 aromatic heterocycles. The van der Waals surface area contributed by atoms with E-state index in [-0.39, 0.29) is 0 Å². The summed E-state index contributed by atoms with van der Waals surface area (Å²) in [4.78, 5) is 6.49.